The van der Waals surface area contributed by atoms with Crippen LogP contribution in [0.15, 0.2) is 21.0 Å². The third-order valence-corrected chi connectivity index (χ3v) is 3.98. The number of nitrogens with zero attached hydrogens (tertiary/aromatic N) is 1. The third-order valence-electron chi connectivity index (χ3n) is 3.08. The van der Waals surface area contributed by atoms with E-state index < -0.39 is 0 Å². The van der Waals surface area contributed by atoms with Crippen molar-refractivity contribution in [3.05, 3.63) is 53.7 Å². The topological polar surface area (TPSA) is 80.9 Å². The van der Waals surface area contributed by atoms with Gasteiger partial charge in [-0.25, -0.2) is 4.68 Å². The quantitative estimate of drug-likeness (QED) is 0.793. The molecule has 0 amide bonds. The summed E-state index contributed by atoms with van der Waals surface area (Å²) >= 11 is 1.49. The van der Waals surface area contributed by atoms with Crippen molar-refractivity contribution in [3.63, 3.8) is 0 Å². The Labute approximate surface area is 120 Å². The second kappa shape index (κ2) is 5.90. The van der Waals surface area contributed by atoms with Gasteiger partial charge in [0.1, 0.15) is 0 Å². The Balaban J connectivity index is 2.44. The highest BCUT2D eigenvalue weighted by Gasteiger charge is 2.09. The van der Waals surface area contributed by atoms with Gasteiger partial charge in [-0.3, -0.25) is 14.7 Å². The minimum atomic E-state index is -0.242. The van der Waals surface area contributed by atoms with Crippen molar-refractivity contribution in [2.24, 2.45) is 5.73 Å². The lowest BCUT2D eigenvalue weighted by Crippen LogP contribution is -2.33. The fourth-order valence-electron chi connectivity index (χ4n) is 1.77. The minimum Gasteiger partial charge on any atom is -0.320 e. The summed E-state index contributed by atoms with van der Waals surface area (Å²) in [7, 11) is 0. The molecule has 0 bridgehead atoms. The summed E-state index contributed by atoms with van der Waals surface area (Å²) in [6.45, 7) is 3.90. The molecule has 0 fully saturated rings. The van der Waals surface area contributed by atoms with Gasteiger partial charge in [0.25, 0.3) is 11.1 Å². The summed E-state index contributed by atoms with van der Waals surface area (Å²) in [5, 5.41) is 4.49. The fraction of sp³-hybridized carbons (Fsp3) is 0.286. The van der Waals surface area contributed by atoms with Crippen LogP contribution in [0.5, 0.6) is 0 Å². The first-order chi connectivity index (χ1) is 9.54. The molecule has 2 rings (SSSR count). The van der Waals surface area contributed by atoms with E-state index in [0.29, 0.717) is 17.7 Å². The molecule has 0 spiro atoms. The Morgan fingerprint density at radius 1 is 1.35 bits per heavy atom. The van der Waals surface area contributed by atoms with Gasteiger partial charge in [-0.1, -0.05) is 11.8 Å². The molecular weight excluding hydrogens is 274 g/mol. The molecule has 2 aromatic rings. The van der Waals surface area contributed by atoms with Gasteiger partial charge in [0.2, 0.25) is 0 Å². The van der Waals surface area contributed by atoms with E-state index >= 15 is 0 Å². The van der Waals surface area contributed by atoms with Gasteiger partial charge in [-0.05, 0) is 25.3 Å². The van der Waals surface area contributed by atoms with Crippen LogP contribution in [0.3, 0.4) is 0 Å². The van der Waals surface area contributed by atoms with E-state index in [1.807, 2.05) is 11.4 Å². The molecule has 0 radical (unpaired) electrons. The zero-order chi connectivity index (χ0) is 14.7. The molecule has 0 unspecified atom stereocenters. The van der Waals surface area contributed by atoms with Crippen LogP contribution in [0.25, 0.3) is 0 Å². The van der Waals surface area contributed by atoms with Gasteiger partial charge in [0.15, 0.2) is 0 Å². The van der Waals surface area contributed by atoms with Crippen molar-refractivity contribution < 1.29 is 0 Å². The molecule has 0 aliphatic heterocycles. The number of thiophene rings is 1. The zero-order valence-electron chi connectivity index (χ0n) is 11.3. The number of aromatic amines is 1. The highest BCUT2D eigenvalue weighted by Crippen LogP contribution is 2.16. The standard InChI is InChI=1S/C14H15N3O2S/c1-9-10(2)14(19)17(16-13(9)18)8-12-11(4-3-6-15)5-7-20-12/h5,7H,6,8,15H2,1-2H3,(H,16,18). The summed E-state index contributed by atoms with van der Waals surface area (Å²) in [4.78, 5) is 24.8. The molecule has 2 heterocycles. The van der Waals surface area contributed by atoms with Crippen molar-refractivity contribution in [2.75, 3.05) is 6.54 Å². The van der Waals surface area contributed by atoms with Crippen molar-refractivity contribution >= 4 is 11.3 Å². The van der Waals surface area contributed by atoms with Crippen LogP contribution >= 0.6 is 11.3 Å². The first kappa shape index (κ1) is 14.3. The molecule has 0 aliphatic rings. The summed E-state index contributed by atoms with van der Waals surface area (Å²) in [6, 6.07) is 1.88. The maximum absolute atomic E-state index is 12.1. The Morgan fingerprint density at radius 2 is 2.10 bits per heavy atom. The molecule has 0 aliphatic carbocycles. The number of rotatable bonds is 2. The average molecular weight is 289 g/mol. The lowest BCUT2D eigenvalue weighted by atomic mass is 10.2. The second-order valence-electron chi connectivity index (χ2n) is 4.35. The molecule has 20 heavy (non-hydrogen) atoms. The van der Waals surface area contributed by atoms with Crippen molar-refractivity contribution in [1.29, 1.82) is 0 Å². The zero-order valence-corrected chi connectivity index (χ0v) is 12.1. The molecule has 0 aromatic carbocycles. The smallest absolute Gasteiger partial charge is 0.268 e. The first-order valence-electron chi connectivity index (χ1n) is 6.10. The van der Waals surface area contributed by atoms with Crippen LogP contribution in [-0.2, 0) is 6.54 Å². The van der Waals surface area contributed by atoms with Gasteiger partial charge >= 0.3 is 0 Å². The average Bonchev–Trinajstić information content (AvgIpc) is 2.87. The summed E-state index contributed by atoms with van der Waals surface area (Å²) in [6.07, 6.45) is 0. The number of nitrogens with one attached hydrogen (secondary N) is 1. The van der Waals surface area contributed by atoms with Crippen LogP contribution in [-0.4, -0.2) is 16.3 Å². The second-order valence-corrected chi connectivity index (χ2v) is 5.35. The monoisotopic (exact) mass is 289 g/mol. The van der Waals surface area contributed by atoms with Gasteiger partial charge in [0, 0.05) is 21.6 Å². The fourth-order valence-corrected chi connectivity index (χ4v) is 2.58. The number of aromatic nitrogens is 2. The lowest BCUT2D eigenvalue weighted by Gasteiger charge is -2.07. The van der Waals surface area contributed by atoms with E-state index in [1.165, 1.54) is 16.0 Å². The van der Waals surface area contributed by atoms with E-state index in [2.05, 4.69) is 16.9 Å². The van der Waals surface area contributed by atoms with E-state index in [9.17, 15) is 9.59 Å². The van der Waals surface area contributed by atoms with Crippen molar-refractivity contribution in [1.82, 2.24) is 9.78 Å². The summed E-state index contributed by atoms with van der Waals surface area (Å²) < 4.78 is 1.32. The predicted octanol–water partition coefficient (Wildman–Crippen LogP) is 0.573. The molecular formula is C14H15N3O2S. The molecule has 0 atom stereocenters. The third kappa shape index (κ3) is 2.74. The van der Waals surface area contributed by atoms with Crippen molar-refractivity contribution in [3.8, 4) is 11.8 Å². The maximum Gasteiger partial charge on any atom is 0.268 e. The Kier molecular flexibility index (Phi) is 4.23. The molecule has 104 valence electrons. The van der Waals surface area contributed by atoms with Crippen LogP contribution in [0, 0.1) is 25.7 Å². The van der Waals surface area contributed by atoms with Crippen LogP contribution in [0.4, 0.5) is 0 Å². The van der Waals surface area contributed by atoms with Crippen molar-refractivity contribution in [2.45, 2.75) is 20.4 Å². The Morgan fingerprint density at radius 3 is 2.80 bits per heavy atom. The Bertz CT molecular complexity index is 802. The number of hydrogen-bond donors (Lipinski definition) is 2. The predicted molar refractivity (Wildman–Crippen MR) is 80.2 cm³/mol. The largest absolute Gasteiger partial charge is 0.320 e. The molecule has 3 N–H and O–H groups in total. The molecule has 0 saturated carbocycles. The first-order valence-corrected chi connectivity index (χ1v) is 6.98. The van der Waals surface area contributed by atoms with E-state index in [4.69, 9.17) is 5.73 Å². The van der Waals surface area contributed by atoms with Gasteiger partial charge in [0.05, 0.1) is 13.1 Å². The van der Waals surface area contributed by atoms with E-state index in [1.54, 1.807) is 13.8 Å². The van der Waals surface area contributed by atoms with Crippen LogP contribution in [0.2, 0.25) is 0 Å². The highest BCUT2D eigenvalue weighted by molar-refractivity contribution is 7.10. The highest BCUT2D eigenvalue weighted by atomic mass is 32.1. The number of H-pyrrole nitrogens is 1. The summed E-state index contributed by atoms with van der Waals surface area (Å²) in [5.74, 6) is 5.75. The number of nitrogens with two attached hydrogens (primary N) is 1. The van der Waals surface area contributed by atoms with Gasteiger partial charge < -0.3 is 5.73 Å². The summed E-state index contributed by atoms with van der Waals surface area (Å²) in [5.41, 5.74) is 6.70. The molecule has 5 nitrogen and oxygen atoms in total. The van der Waals surface area contributed by atoms with Crippen LogP contribution < -0.4 is 16.9 Å². The molecule has 2 aromatic heterocycles. The van der Waals surface area contributed by atoms with Gasteiger partial charge in [-0.15, -0.1) is 11.3 Å². The van der Waals surface area contributed by atoms with Gasteiger partial charge in [-0.2, -0.15) is 0 Å². The maximum atomic E-state index is 12.1. The van der Waals surface area contributed by atoms with E-state index in [0.717, 1.165) is 10.4 Å². The number of hydrogen-bond acceptors (Lipinski definition) is 4. The Hall–Kier alpha value is -2.10. The molecule has 6 heteroatoms. The normalized spacial score (nSPS) is 10.2. The van der Waals surface area contributed by atoms with Crippen LogP contribution in [0.1, 0.15) is 21.6 Å². The minimum absolute atomic E-state index is 0.187. The van der Waals surface area contributed by atoms with E-state index in [-0.39, 0.29) is 17.7 Å². The SMILES string of the molecule is Cc1c(C)c(=O)n(Cc2sccc2C#CCN)[nH]c1=O. The lowest BCUT2D eigenvalue weighted by molar-refractivity contribution is 0.623. The molecule has 0 saturated heterocycles.